The van der Waals surface area contributed by atoms with Crippen molar-refractivity contribution in [3.63, 3.8) is 0 Å². The lowest BCUT2D eigenvalue weighted by atomic mass is 9.88. The Bertz CT molecular complexity index is 494. The quantitative estimate of drug-likeness (QED) is 0.862. The summed E-state index contributed by atoms with van der Waals surface area (Å²) in [5.41, 5.74) is 0.832. The van der Waals surface area contributed by atoms with Gasteiger partial charge in [-0.3, -0.25) is 0 Å². The first-order valence-electron chi connectivity index (χ1n) is 6.51. The molecular weight excluding hydrogens is 319 g/mol. The van der Waals surface area contributed by atoms with Gasteiger partial charge in [0.15, 0.2) is 0 Å². The first-order chi connectivity index (χ1) is 8.90. The number of aryl methyl sites for hydroxylation is 1. The Kier molecular flexibility index (Phi) is 3.17. The third kappa shape index (κ3) is 2.55. The topological polar surface area (TPSA) is 12.0 Å². The van der Waals surface area contributed by atoms with Gasteiger partial charge in [0.1, 0.15) is 5.54 Å². The van der Waals surface area contributed by atoms with E-state index in [4.69, 9.17) is 0 Å². The number of benzene rings is 1. The molecule has 0 aromatic heterocycles. The summed E-state index contributed by atoms with van der Waals surface area (Å²) in [5, 5.41) is 2.87. The average Bonchev–Trinajstić information content (AvgIpc) is 3.10. The van der Waals surface area contributed by atoms with Crippen molar-refractivity contribution in [1.29, 1.82) is 0 Å². The Balaban J connectivity index is 1.71. The molecule has 104 valence electrons. The lowest BCUT2D eigenvalue weighted by Crippen LogP contribution is -2.51. The van der Waals surface area contributed by atoms with Crippen LogP contribution < -0.4 is 5.32 Å². The van der Waals surface area contributed by atoms with E-state index in [-0.39, 0.29) is 18.9 Å². The van der Waals surface area contributed by atoms with Crippen LogP contribution in [0.1, 0.15) is 30.4 Å². The van der Waals surface area contributed by atoms with Gasteiger partial charge in [0.05, 0.1) is 0 Å². The third-order valence-corrected chi connectivity index (χ3v) is 4.66. The number of halogens is 4. The number of fused-ring (bicyclic) bond motifs is 1. The van der Waals surface area contributed by atoms with Gasteiger partial charge < -0.3 is 5.32 Å². The Morgan fingerprint density at radius 2 is 1.95 bits per heavy atom. The van der Waals surface area contributed by atoms with Crippen molar-refractivity contribution in [3.05, 3.63) is 33.8 Å². The molecule has 0 heterocycles. The molecule has 0 radical (unpaired) electrons. The third-order valence-electron chi connectivity index (χ3n) is 4.17. The number of alkyl halides is 3. The van der Waals surface area contributed by atoms with Crippen LogP contribution in [-0.4, -0.2) is 17.8 Å². The summed E-state index contributed by atoms with van der Waals surface area (Å²) in [5.74, 6) is 0. The summed E-state index contributed by atoms with van der Waals surface area (Å²) in [6.07, 6.45) is -1.35. The summed E-state index contributed by atoms with van der Waals surface area (Å²) in [4.78, 5) is 0. The average molecular weight is 334 g/mol. The normalized spacial score (nSPS) is 24.9. The van der Waals surface area contributed by atoms with Crippen molar-refractivity contribution >= 4 is 15.9 Å². The predicted molar refractivity (Wildman–Crippen MR) is 71.1 cm³/mol. The van der Waals surface area contributed by atoms with Crippen LogP contribution in [0, 0.1) is 0 Å². The van der Waals surface area contributed by atoms with Crippen LogP contribution in [0.2, 0.25) is 0 Å². The molecular formula is C14H15BrF3N. The van der Waals surface area contributed by atoms with Gasteiger partial charge in [-0.1, -0.05) is 22.0 Å². The molecule has 19 heavy (non-hydrogen) atoms. The number of rotatable bonds is 2. The molecule has 0 saturated heterocycles. The van der Waals surface area contributed by atoms with E-state index in [0.717, 1.165) is 17.3 Å². The van der Waals surface area contributed by atoms with E-state index < -0.39 is 11.7 Å². The molecule has 5 heteroatoms. The molecule has 0 bridgehead atoms. The molecule has 2 aliphatic carbocycles. The molecule has 0 amide bonds. The van der Waals surface area contributed by atoms with Crippen molar-refractivity contribution in [1.82, 2.24) is 5.32 Å². The summed E-state index contributed by atoms with van der Waals surface area (Å²) in [6.45, 7) is 0. The van der Waals surface area contributed by atoms with Gasteiger partial charge >= 0.3 is 6.18 Å². The minimum absolute atomic E-state index is 0.0576. The molecule has 1 atom stereocenters. The first-order valence-corrected chi connectivity index (χ1v) is 7.31. The van der Waals surface area contributed by atoms with E-state index in [1.807, 2.05) is 12.1 Å². The van der Waals surface area contributed by atoms with Gasteiger partial charge in [-0.15, -0.1) is 0 Å². The molecule has 1 nitrogen and oxygen atoms in total. The van der Waals surface area contributed by atoms with E-state index in [2.05, 4.69) is 27.3 Å². The summed E-state index contributed by atoms with van der Waals surface area (Å²) in [7, 11) is 0. The predicted octanol–water partition coefficient (Wildman–Crippen LogP) is 3.99. The highest BCUT2D eigenvalue weighted by Gasteiger charge is 2.63. The Morgan fingerprint density at radius 3 is 2.58 bits per heavy atom. The van der Waals surface area contributed by atoms with E-state index in [1.165, 1.54) is 11.1 Å². The molecule has 1 N–H and O–H groups in total. The maximum atomic E-state index is 12.9. The molecule has 1 unspecified atom stereocenters. The van der Waals surface area contributed by atoms with Crippen LogP contribution in [0.25, 0.3) is 0 Å². The van der Waals surface area contributed by atoms with Crippen molar-refractivity contribution in [2.24, 2.45) is 0 Å². The van der Waals surface area contributed by atoms with Gasteiger partial charge in [-0.25, -0.2) is 0 Å². The molecule has 1 aromatic rings. The Morgan fingerprint density at radius 1 is 1.21 bits per heavy atom. The van der Waals surface area contributed by atoms with Gasteiger partial charge in [-0.05, 0) is 55.4 Å². The zero-order valence-electron chi connectivity index (χ0n) is 10.4. The highest BCUT2D eigenvalue weighted by atomic mass is 79.9. The molecule has 0 spiro atoms. The van der Waals surface area contributed by atoms with Crippen molar-refractivity contribution in [2.75, 3.05) is 0 Å². The molecule has 1 saturated carbocycles. The standard InChI is InChI=1S/C14H15BrF3N/c15-11-3-1-10-8-12(4-2-9(10)7-11)19-13(5-6-13)14(16,17)18/h1,3,7,12,19H,2,4-6,8H2. The van der Waals surface area contributed by atoms with Gasteiger partial charge in [-0.2, -0.15) is 13.2 Å². The zero-order chi connectivity index (χ0) is 13.7. The first kappa shape index (κ1) is 13.4. The second-order valence-corrected chi connectivity index (χ2v) is 6.49. The minimum atomic E-state index is -4.12. The smallest absolute Gasteiger partial charge is 0.300 e. The largest absolute Gasteiger partial charge is 0.406 e. The monoisotopic (exact) mass is 333 g/mol. The Hall–Kier alpha value is -0.550. The molecule has 0 aliphatic heterocycles. The zero-order valence-corrected chi connectivity index (χ0v) is 11.9. The number of hydrogen-bond donors (Lipinski definition) is 1. The fourth-order valence-electron chi connectivity index (χ4n) is 2.87. The fourth-order valence-corrected chi connectivity index (χ4v) is 3.28. The van der Waals surface area contributed by atoms with E-state index in [9.17, 15) is 13.2 Å². The van der Waals surface area contributed by atoms with Crippen LogP contribution in [0.3, 0.4) is 0 Å². The fraction of sp³-hybridized carbons (Fsp3) is 0.571. The lowest BCUT2D eigenvalue weighted by molar-refractivity contribution is -0.168. The van der Waals surface area contributed by atoms with Crippen LogP contribution in [0.5, 0.6) is 0 Å². The molecule has 3 rings (SSSR count). The minimum Gasteiger partial charge on any atom is -0.300 e. The highest BCUT2D eigenvalue weighted by molar-refractivity contribution is 9.10. The second kappa shape index (κ2) is 4.48. The summed E-state index contributed by atoms with van der Waals surface area (Å²) < 4.78 is 39.8. The van der Waals surface area contributed by atoms with E-state index in [0.29, 0.717) is 6.42 Å². The van der Waals surface area contributed by atoms with Crippen molar-refractivity contribution in [3.8, 4) is 0 Å². The van der Waals surface area contributed by atoms with Gasteiger partial charge in [0.2, 0.25) is 0 Å². The second-order valence-electron chi connectivity index (χ2n) is 5.58. The maximum absolute atomic E-state index is 12.9. The van der Waals surface area contributed by atoms with Crippen molar-refractivity contribution in [2.45, 2.75) is 49.9 Å². The van der Waals surface area contributed by atoms with Crippen LogP contribution in [0.4, 0.5) is 13.2 Å². The van der Waals surface area contributed by atoms with Crippen LogP contribution >= 0.6 is 15.9 Å². The summed E-state index contributed by atoms with van der Waals surface area (Å²) >= 11 is 3.43. The van der Waals surface area contributed by atoms with Crippen molar-refractivity contribution < 1.29 is 13.2 Å². The maximum Gasteiger partial charge on any atom is 0.406 e. The van der Waals surface area contributed by atoms with Crippen LogP contribution in [0.15, 0.2) is 22.7 Å². The summed E-state index contributed by atoms with van der Waals surface area (Å²) in [6, 6.07) is 5.98. The van der Waals surface area contributed by atoms with E-state index in [1.54, 1.807) is 0 Å². The van der Waals surface area contributed by atoms with Gasteiger partial charge in [0, 0.05) is 10.5 Å². The van der Waals surface area contributed by atoms with Gasteiger partial charge in [0.25, 0.3) is 0 Å². The SMILES string of the molecule is FC(F)(F)C1(NC2CCc3cc(Br)ccc3C2)CC1. The number of nitrogens with one attached hydrogen (secondary N) is 1. The number of hydrogen-bond acceptors (Lipinski definition) is 1. The molecule has 1 fully saturated rings. The highest BCUT2D eigenvalue weighted by Crippen LogP contribution is 2.49. The lowest BCUT2D eigenvalue weighted by Gasteiger charge is -2.31. The van der Waals surface area contributed by atoms with Crippen LogP contribution in [-0.2, 0) is 12.8 Å². The molecule has 2 aliphatic rings. The molecule has 1 aromatic carbocycles. The van der Waals surface area contributed by atoms with E-state index >= 15 is 0 Å². The Labute approximate surface area is 118 Å².